The molecular formula is C18H31NO5. The van der Waals surface area contributed by atoms with Gasteiger partial charge in [-0.3, -0.25) is 9.59 Å². The van der Waals surface area contributed by atoms with Gasteiger partial charge in [-0.05, 0) is 39.0 Å². The molecule has 1 saturated heterocycles. The molecule has 1 amide bonds. The van der Waals surface area contributed by atoms with Gasteiger partial charge < -0.3 is 19.9 Å². The molecule has 1 aliphatic carbocycles. The zero-order valence-electron chi connectivity index (χ0n) is 14.7. The first-order valence-corrected chi connectivity index (χ1v) is 9.34. The van der Waals surface area contributed by atoms with Crippen LogP contribution in [0.5, 0.6) is 0 Å². The first kappa shape index (κ1) is 19.2. The van der Waals surface area contributed by atoms with E-state index in [4.69, 9.17) is 9.47 Å². The van der Waals surface area contributed by atoms with Gasteiger partial charge in [0.2, 0.25) is 5.91 Å². The summed E-state index contributed by atoms with van der Waals surface area (Å²) in [5.41, 5.74) is 0. The number of amides is 1. The zero-order chi connectivity index (χ0) is 17.4. The van der Waals surface area contributed by atoms with Gasteiger partial charge in [-0.2, -0.15) is 0 Å². The molecule has 1 heterocycles. The van der Waals surface area contributed by atoms with Crippen LogP contribution in [0.15, 0.2) is 0 Å². The van der Waals surface area contributed by atoms with Gasteiger partial charge in [0.25, 0.3) is 0 Å². The molecule has 0 radical (unpaired) electrons. The first-order chi connectivity index (χ1) is 11.6. The van der Waals surface area contributed by atoms with Crippen molar-refractivity contribution in [1.82, 2.24) is 5.32 Å². The number of hydrogen-bond acceptors (Lipinski definition) is 4. The summed E-state index contributed by atoms with van der Waals surface area (Å²) in [6, 6.07) is -0.299. The molecule has 2 rings (SSSR count). The van der Waals surface area contributed by atoms with Crippen LogP contribution in [0.4, 0.5) is 0 Å². The van der Waals surface area contributed by atoms with Crippen molar-refractivity contribution in [2.45, 2.75) is 83.0 Å². The molecule has 0 aromatic heterocycles. The van der Waals surface area contributed by atoms with E-state index < -0.39 is 18.0 Å². The normalized spacial score (nSPS) is 30.0. The van der Waals surface area contributed by atoms with E-state index >= 15 is 0 Å². The van der Waals surface area contributed by atoms with Gasteiger partial charge in [0.05, 0.1) is 18.6 Å². The number of rotatable bonds is 6. The highest BCUT2D eigenvalue weighted by molar-refractivity contribution is 5.81. The van der Waals surface area contributed by atoms with Crippen molar-refractivity contribution in [2.24, 2.45) is 5.92 Å². The molecule has 2 fully saturated rings. The second-order valence-electron chi connectivity index (χ2n) is 7.02. The largest absolute Gasteiger partial charge is 0.481 e. The van der Waals surface area contributed by atoms with Crippen LogP contribution >= 0.6 is 0 Å². The number of carbonyl (C=O) groups excluding carboxylic acids is 1. The fourth-order valence-electron chi connectivity index (χ4n) is 3.52. The quantitative estimate of drug-likeness (QED) is 0.775. The van der Waals surface area contributed by atoms with Crippen LogP contribution < -0.4 is 5.32 Å². The highest BCUT2D eigenvalue weighted by Gasteiger charge is 2.31. The van der Waals surface area contributed by atoms with E-state index in [1.807, 2.05) is 0 Å². The number of carboxylic acids is 1. The molecule has 138 valence electrons. The van der Waals surface area contributed by atoms with E-state index in [9.17, 15) is 14.7 Å². The Balaban J connectivity index is 1.81. The summed E-state index contributed by atoms with van der Waals surface area (Å²) in [4.78, 5) is 23.9. The van der Waals surface area contributed by atoms with Gasteiger partial charge >= 0.3 is 5.97 Å². The van der Waals surface area contributed by atoms with Crippen molar-refractivity contribution in [2.75, 3.05) is 13.2 Å². The number of nitrogens with one attached hydrogen (secondary N) is 1. The smallest absolute Gasteiger partial charge is 0.308 e. The Bertz CT molecular complexity index is 408. The molecule has 2 N–H and O–H groups in total. The molecule has 2 aliphatic rings. The van der Waals surface area contributed by atoms with Crippen LogP contribution in [0.2, 0.25) is 0 Å². The van der Waals surface area contributed by atoms with Crippen molar-refractivity contribution in [3.8, 4) is 0 Å². The van der Waals surface area contributed by atoms with Crippen LogP contribution in [0.25, 0.3) is 0 Å². The first-order valence-electron chi connectivity index (χ1n) is 9.34. The van der Waals surface area contributed by atoms with Crippen molar-refractivity contribution in [1.29, 1.82) is 0 Å². The third-order valence-electron chi connectivity index (χ3n) is 5.09. The Morgan fingerprint density at radius 2 is 1.83 bits per heavy atom. The molecule has 0 spiro atoms. The second kappa shape index (κ2) is 9.99. The van der Waals surface area contributed by atoms with Gasteiger partial charge in [0.1, 0.15) is 6.10 Å². The monoisotopic (exact) mass is 341 g/mol. The predicted octanol–water partition coefficient (Wildman–Crippen LogP) is 2.50. The SMILES string of the molecule is CC(OCC1CCCCO1)C(=O)NC1CCCCCCC1C(=O)O. The fourth-order valence-corrected chi connectivity index (χ4v) is 3.52. The van der Waals surface area contributed by atoms with Crippen molar-refractivity contribution < 1.29 is 24.2 Å². The molecule has 0 bridgehead atoms. The number of carboxylic acid groups (broad SMARTS) is 1. The lowest BCUT2D eigenvalue weighted by Crippen LogP contribution is -2.47. The fraction of sp³-hybridized carbons (Fsp3) is 0.889. The molecule has 4 unspecified atom stereocenters. The molecule has 6 nitrogen and oxygen atoms in total. The van der Waals surface area contributed by atoms with Gasteiger partial charge in [0, 0.05) is 12.6 Å². The Morgan fingerprint density at radius 3 is 2.50 bits per heavy atom. The van der Waals surface area contributed by atoms with E-state index in [0.29, 0.717) is 13.0 Å². The summed E-state index contributed by atoms with van der Waals surface area (Å²) in [5.74, 6) is -1.53. The van der Waals surface area contributed by atoms with E-state index in [1.54, 1.807) is 6.92 Å². The van der Waals surface area contributed by atoms with E-state index in [0.717, 1.165) is 58.0 Å². The summed E-state index contributed by atoms with van der Waals surface area (Å²) in [6.07, 6.45) is 8.08. The second-order valence-corrected chi connectivity index (χ2v) is 7.02. The van der Waals surface area contributed by atoms with Crippen LogP contribution in [-0.2, 0) is 19.1 Å². The number of carbonyl (C=O) groups is 2. The van der Waals surface area contributed by atoms with Crippen LogP contribution in [0, 0.1) is 5.92 Å². The van der Waals surface area contributed by atoms with Crippen molar-refractivity contribution in [3.05, 3.63) is 0 Å². The standard InChI is InChI=1S/C18H31NO5/c1-13(24-12-14-8-6-7-11-23-14)17(20)19-16-10-5-3-2-4-9-15(16)18(21)22/h13-16H,2-12H2,1H3,(H,19,20)(H,21,22). The third kappa shape index (κ3) is 6.06. The van der Waals surface area contributed by atoms with Gasteiger partial charge in [-0.15, -0.1) is 0 Å². The number of hydrogen-bond donors (Lipinski definition) is 2. The minimum atomic E-state index is -0.814. The third-order valence-corrected chi connectivity index (χ3v) is 5.09. The lowest BCUT2D eigenvalue weighted by atomic mass is 9.86. The summed E-state index contributed by atoms with van der Waals surface area (Å²) < 4.78 is 11.3. The van der Waals surface area contributed by atoms with E-state index in [2.05, 4.69) is 5.32 Å². The van der Waals surface area contributed by atoms with Crippen molar-refractivity contribution in [3.63, 3.8) is 0 Å². The molecule has 0 aromatic carbocycles. The highest BCUT2D eigenvalue weighted by atomic mass is 16.5. The minimum Gasteiger partial charge on any atom is -0.481 e. The van der Waals surface area contributed by atoms with Gasteiger partial charge in [-0.25, -0.2) is 0 Å². The average molecular weight is 341 g/mol. The lowest BCUT2D eigenvalue weighted by Gasteiger charge is -2.29. The van der Waals surface area contributed by atoms with Gasteiger partial charge in [-0.1, -0.05) is 25.7 Å². The van der Waals surface area contributed by atoms with Crippen LogP contribution in [0.1, 0.15) is 64.7 Å². The maximum atomic E-state index is 12.4. The summed E-state index contributed by atoms with van der Waals surface area (Å²) in [6.45, 7) is 2.90. The minimum absolute atomic E-state index is 0.0714. The maximum Gasteiger partial charge on any atom is 0.308 e. The molecule has 1 saturated carbocycles. The topological polar surface area (TPSA) is 84.9 Å². The molecule has 1 aliphatic heterocycles. The van der Waals surface area contributed by atoms with E-state index in [1.165, 1.54) is 0 Å². The average Bonchev–Trinajstić information content (AvgIpc) is 2.55. The Kier molecular flexibility index (Phi) is 7.99. The summed E-state index contributed by atoms with van der Waals surface area (Å²) in [5, 5.41) is 12.4. The Labute approximate surface area is 144 Å². The highest BCUT2D eigenvalue weighted by Crippen LogP contribution is 2.23. The lowest BCUT2D eigenvalue weighted by molar-refractivity contribution is -0.144. The van der Waals surface area contributed by atoms with Crippen LogP contribution in [0.3, 0.4) is 0 Å². The summed E-state index contributed by atoms with van der Waals surface area (Å²) >= 11 is 0. The number of ether oxygens (including phenoxy) is 2. The molecule has 6 heteroatoms. The molecule has 0 aromatic rings. The Morgan fingerprint density at radius 1 is 1.12 bits per heavy atom. The molecule has 24 heavy (non-hydrogen) atoms. The Hall–Kier alpha value is -1.14. The number of aliphatic carboxylic acids is 1. The molecule has 4 atom stereocenters. The van der Waals surface area contributed by atoms with Crippen LogP contribution in [-0.4, -0.2) is 48.4 Å². The van der Waals surface area contributed by atoms with Gasteiger partial charge in [0.15, 0.2) is 0 Å². The van der Waals surface area contributed by atoms with E-state index in [-0.39, 0.29) is 18.1 Å². The maximum absolute atomic E-state index is 12.4. The predicted molar refractivity (Wildman–Crippen MR) is 89.8 cm³/mol. The molecular weight excluding hydrogens is 310 g/mol. The van der Waals surface area contributed by atoms with Crippen molar-refractivity contribution >= 4 is 11.9 Å². The summed E-state index contributed by atoms with van der Waals surface area (Å²) in [7, 11) is 0. The zero-order valence-corrected chi connectivity index (χ0v) is 14.7.